The van der Waals surface area contributed by atoms with E-state index < -0.39 is 17.8 Å². The van der Waals surface area contributed by atoms with Crippen LogP contribution < -0.4 is 5.32 Å². The lowest BCUT2D eigenvalue weighted by atomic mass is 10.0. The minimum atomic E-state index is -2.70. The van der Waals surface area contributed by atoms with Crippen LogP contribution in [-0.2, 0) is 4.79 Å². The van der Waals surface area contributed by atoms with Crippen LogP contribution in [0.1, 0.15) is 36.4 Å². The molecule has 1 saturated carbocycles. The summed E-state index contributed by atoms with van der Waals surface area (Å²) in [5.74, 6) is -4.05. The summed E-state index contributed by atoms with van der Waals surface area (Å²) in [5.41, 5.74) is 1.75. The predicted octanol–water partition coefficient (Wildman–Crippen LogP) is 4.11. The number of benzene rings is 1. The van der Waals surface area contributed by atoms with Crippen molar-refractivity contribution in [2.24, 2.45) is 0 Å². The summed E-state index contributed by atoms with van der Waals surface area (Å²) in [6.45, 7) is 1.74. The fourth-order valence-corrected chi connectivity index (χ4v) is 3.01. The molecule has 2 heterocycles. The van der Waals surface area contributed by atoms with Gasteiger partial charge in [-0.05, 0) is 25.1 Å². The third-order valence-corrected chi connectivity index (χ3v) is 4.84. The van der Waals surface area contributed by atoms with E-state index in [4.69, 9.17) is 11.6 Å². The van der Waals surface area contributed by atoms with Crippen LogP contribution in [0.2, 0.25) is 5.02 Å². The van der Waals surface area contributed by atoms with Crippen molar-refractivity contribution in [2.45, 2.75) is 31.1 Å². The predicted molar refractivity (Wildman–Crippen MR) is 96.5 cm³/mol. The van der Waals surface area contributed by atoms with Crippen molar-refractivity contribution in [3.63, 3.8) is 0 Å². The van der Waals surface area contributed by atoms with E-state index >= 15 is 0 Å². The number of carbonyl (C=O) groups excluding carboxylic acids is 1. The molecule has 9 heteroatoms. The Balaban J connectivity index is 1.44. The van der Waals surface area contributed by atoms with Crippen LogP contribution in [0.5, 0.6) is 0 Å². The first-order valence-electron chi connectivity index (χ1n) is 8.38. The second-order valence-corrected chi connectivity index (χ2v) is 7.07. The number of nitrogens with one attached hydrogen (secondary N) is 2. The number of halogens is 3. The zero-order chi connectivity index (χ0) is 19.2. The van der Waals surface area contributed by atoms with Crippen molar-refractivity contribution in [1.82, 2.24) is 20.0 Å². The van der Waals surface area contributed by atoms with E-state index in [9.17, 15) is 13.6 Å². The Kier molecular flexibility index (Phi) is 4.22. The van der Waals surface area contributed by atoms with E-state index in [-0.39, 0.29) is 18.0 Å². The zero-order valence-electron chi connectivity index (χ0n) is 14.3. The molecule has 1 fully saturated rings. The summed E-state index contributed by atoms with van der Waals surface area (Å²) in [7, 11) is 0. The van der Waals surface area contributed by atoms with Crippen molar-refractivity contribution in [3.8, 4) is 5.69 Å². The number of hydrogen-bond donors (Lipinski definition) is 2. The number of rotatable bonds is 5. The maximum atomic E-state index is 13.1. The maximum absolute atomic E-state index is 13.1. The topological polar surface area (TPSA) is 75.6 Å². The smallest absolute Gasteiger partial charge is 0.257 e. The Morgan fingerprint density at radius 2 is 2.22 bits per heavy atom. The van der Waals surface area contributed by atoms with Crippen LogP contribution >= 0.6 is 11.6 Å². The molecule has 1 aliphatic carbocycles. The molecule has 1 amide bonds. The number of amides is 1. The molecule has 1 aromatic carbocycles. The molecular formula is C18H16ClF2N5O. The quantitative estimate of drug-likeness (QED) is 0.687. The maximum Gasteiger partial charge on any atom is 0.257 e. The van der Waals surface area contributed by atoms with Gasteiger partial charge in [-0.3, -0.25) is 9.89 Å². The van der Waals surface area contributed by atoms with E-state index in [0.717, 1.165) is 5.69 Å². The molecule has 27 heavy (non-hydrogen) atoms. The van der Waals surface area contributed by atoms with Crippen molar-refractivity contribution < 1.29 is 13.6 Å². The van der Waals surface area contributed by atoms with Gasteiger partial charge in [0.2, 0.25) is 5.91 Å². The second-order valence-electron chi connectivity index (χ2n) is 6.63. The van der Waals surface area contributed by atoms with Gasteiger partial charge in [0.05, 0.1) is 29.4 Å². The molecule has 140 valence electrons. The number of aromatic amines is 1. The highest BCUT2D eigenvalue weighted by Gasteiger charge is 2.58. The lowest BCUT2D eigenvalue weighted by Gasteiger charge is -2.08. The normalized spacial score (nSPS) is 18.9. The monoisotopic (exact) mass is 391 g/mol. The van der Waals surface area contributed by atoms with E-state index in [1.165, 1.54) is 6.07 Å². The van der Waals surface area contributed by atoms with E-state index in [2.05, 4.69) is 20.6 Å². The number of aromatic nitrogens is 4. The third-order valence-electron chi connectivity index (χ3n) is 4.61. The first-order valence-corrected chi connectivity index (χ1v) is 8.76. The Morgan fingerprint density at radius 1 is 1.44 bits per heavy atom. The zero-order valence-corrected chi connectivity index (χ0v) is 15.0. The molecule has 4 rings (SSSR count). The summed E-state index contributed by atoms with van der Waals surface area (Å²) in [4.78, 5) is 12.5. The van der Waals surface area contributed by atoms with E-state index in [1.807, 2.05) is 12.1 Å². The Bertz CT molecular complexity index is 999. The fourth-order valence-electron chi connectivity index (χ4n) is 2.83. The fraction of sp³-hybridized carbons (Fsp3) is 0.278. The largest absolute Gasteiger partial charge is 0.311 e. The first kappa shape index (κ1) is 17.7. The average molecular weight is 392 g/mol. The van der Waals surface area contributed by atoms with Crippen LogP contribution in [0, 0.1) is 0 Å². The molecule has 0 spiro atoms. The number of hydrogen-bond acceptors (Lipinski definition) is 3. The van der Waals surface area contributed by atoms with Gasteiger partial charge in [0.25, 0.3) is 5.92 Å². The van der Waals surface area contributed by atoms with Crippen molar-refractivity contribution in [2.75, 3.05) is 5.32 Å². The lowest BCUT2D eigenvalue weighted by Crippen LogP contribution is -2.18. The number of anilines is 1. The molecule has 0 aliphatic heterocycles. The van der Waals surface area contributed by atoms with Gasteiger partial charge in [0.15, 0.2) is 0 Å². The summed E-state index contributed by atoms with van der Waals surface area (Å²) >= 11 is 5.99. The molecule has 2 atom stereocenters. The number of H-pyrrole nitrogens is 1. The number of nitrogens with zero attached hydrogens (tertiary/aromatic N) is 3. The number of alkyl halides is 2. The molecule has 1 aliphatic rings. The second kappa shape index (κ2) is 6.45. The van der Waals surface area contributed by atoms with Gasteiger partial charge in [-0.2, -0.15) is 10.2 Å². The number of carbonyl (C=O) groups is 1. The molecule has 2 aromatic heterocycles. The first-order chi connectivity index (χ1) is 12.8. The highest BCUT2D eigenvalue weighted by atomic mass is 35.5. The van der Waals surface area contributed by atoms with Crippen LogP contribution in [0.3, 0.4) is 0 Å². The SMILES string of the molecule is C[C@@H](C(=O)Nc1cc([C@H]2CC2(F)F)n[nH]1)c1cnn(-c2cccc(Cl)c2)c1. The molecule has 0 unspecified atom stereocenters. The molecule has 0 bridgehead atoms. The summed E-state index contributed by atoms with van der Waals surface area (Å²) in [6, 6.07) is 8.65. The Hall–Kier alpha value is -2.74. The van der Waals surface area contributed by atoms with Gasteiger partial charge in [-0.25, -0.2) is 13.5 Å². The van der Waals surface area contributed by atoms with Crippen molar-refractivity contribution in [3.05, 3.63) is 59.0 Å². The summed E-state index contributed by atoms with van der Waals surface area (Å²) in [6.07, 6.45) is 3.15. The highest BCUT2D eigenvalue weighted by Crippen LogP contribution is 2.55. The standard InChI is InChI=1S/C18H16ClF2N5O/c1-10(11-8-22-26(9-11)13-4-2-3-12(19)5-13)17(27)23-16-6-15(24-25-16)14-7-18(14,20)21/h2-6,8-10,14H,7H2,1H3,(H2,23,24,25,27)/t10-,14-/m1/s1. The lowest BCUT2D eigenvalue weighted by molar-refractivity contribution is -0.117. The van der Waals surface area contributed by atoms with Gasteiger partial charge >= 0.3 is 0 Å². The molecule has 0 saturated heterocycles. The third kappa shape index (κ3) is 3.57. The van der Waals surface area contributed by atoms with Gasteiger partial charge in [0.1, 0.15) is 5.82 Å². The molecule has 3 aromatic rings. The van der Waals surface area contributed by atoms with E-state index in [0.29, 0.717) is 16.4 Å². The van der Waals surface area contributed by atoms with Crippen LogP contribution in [0.15, 0.2) is 42.7 Å². The van der Waals surface area contributed by atoms with Crippen molar-refractivity contribution in [1.29, 1.82) is 0 Å². The molecule has 6 nitrogen and oxygen atoms in total. The van der Waals surface area contributed by atoms with Gasteiger partial charge in [-0.1, -0.05) is 17.7 Å². The van der Waals surface area contributed by atoms with Gasteiger partial charge in [0, 0.05) is 29.3 Å². The average Bonchev–Trinajstić information content (AvgIpc) is 3.03. The van der Waals surface area contributed by atoms with Gasteiger partial charge in [-0.15, -0.1) is 0 Å². The molecule has 2 N–H and O–H groups in total. The summed E-state index contributed by atoms with van der Waals surface area (Å²) < 4.78 is 27.9. The Morgan fingerprint density at radius 3 is 2.93 bits per heavy atom. The minimum absolute atomic E-state index is 0.204. The van der Waals surface area contributed by atoms with Crippen LogP contribution in [0.25, 0.3) is 5.69 Å². The minimum Gasteiger partial charge on any atom is -0.311 e. The Labute approximate surface area is 158 Å². The molecular weight excluding hydrogens is 376 g/mol. The summed E-state index contributed by atoms with van der Waals surface area (Å²) in [5, 5.41) is 14.0. The van der Waals surface area contributed by atoms with Crippen LogP contribution in [0.4, 0.5) is 14.6 Å². The van der Waals surface area contributed by atoms with Crippen molar-refractivity contribution >= 4 is 23.3 Å². The van der Waals surface area contributed by atoms with E-state index in [1.54, 1.807) is 36.1 Å². The van der Waals surface area contributed by atoms with Gasteiger partial charge < -0.3 is 5.32 Å². The van der Waals surface area contributed by atoms with Crippen LogP contribution in [-0.4, -0.2) is 31.8 Å². The molecule has 0 radical (unpaired) electrons. The highest BCUT2D eigenvalue weighted by molar-refractivity contribution is 6.30.